The topological polar surface area (TPSA) is 55.8 Å². The van der Waals surface area contributed by atoms with Gasteiger partial charge in [-0.3, -0.25) is 4.79 Å². The van der Waals surface area contributed by atoms with Crippen molar-refractivity contribution in [3.8, 4) is 0 Å². The van der Waals surface area contributed by atoms with E-state index in [1.54, 1.807) is 0 Å². The first-order chi connectivity index (χ1) is 9.94. The van der Waals surface area contributed by atoms with E-state index in [-0.39, 0.29) is 24.0 Å². The van der Waals surface area contributed by atoms with Crippen LogP contribution < -0.4 is 0 Å². The fraction of sp³-hybridized carbons (Fsp3) is 0.824. The maximum atomic E-state index is 10.9. The summed E-state index contributed by atoms with van der Waals surface area (Å²) in [6.07, 6.45) is 8.96. The number of aliphatic carboxylic acids is 1. The Balaban J connectivity index is 2.66. The van der Waals surface area contributed by atoms with Crippen molar-refractivity contribution in [2.45, 2.75) is 77.9 Å². The van der Waals surface area contributed by atoms with E-state index in [0.717, 1.165) is 32.1 Å². The van der Waals surface area contributed by atoms with Gasteiger partial charge in [-0.2, -0.15) is 0 Å². The van der Waals surface area contributed by atoms with Gasteiger partial charge in [0.25, 0.3) is 0 Å². The summed E-state index contributed by atoms with van der Waals surface area (Å²) in [5.41, 5.74) is -0.325. The lowest BCUT2D eigenvalue weighted by Crippen LogP contribution is -2.44. The van der Waals surface area contributed by atoms with Crippen molar-refractivity contribution in [3.05, 3.63) is 12.2 Å². The first kappa shape index (κ1) is 18.2. The molecule has 4 nitrogen and oxygen atoms in total. The van der Waals surface area contributed by atoms with Crippen molar-refractivity contribution in [3.63, 3.8) is 0 Å². The molecule has 1 fully saturated rings. The van der Waals surface area contributed by atoms with Gasteiger partial charge in [0.2, 0.25) is 0 Å². The van der Waals surface area contributed by atoms with Gasteiger partial charge in [-0.1, -0.05) is 39.3 Å². The Morgan fingerprint density at radius 2 is 2.14 bits per heavy atom. The number of rotatable bonds is 8. The van der Waals surface area contributed by atoms with E-state index in [0.29, 0.717) is 5.92 Å². The molecule has 1 rings (SSSR count). The number of allylic oxidation sites excluding steroid dienone is 2. The van der Waals surface area contributed by atoms with Gasteiger partial charge in [-0.15, -0.1) is 0 Å². The highest BCUT2D eigenvalue weighted by Gasteiger charge is 2.41. The zero-order valence-corrected chi connectivity index (χ0v) is 13.8. The van der Waals surface area contributed by atoms with Crippen LogP contribution >= 0.6 is 0 Å². The summed E-state index contributed by atoms with van der Waals surface area (Å²) in [4.78, 5) is 22.0. The summed E-state index contributed by atoms with van der Waals surface area (Å²) < 4.78 is 0. The van der Waals surface area contributed by atoms with E-state index in [2.05, 4.69) is 39.8 Å². The molecule has 1 aliphatic rings. The molecule has 0 aromatic heterocycles. The zero-order chi connectivity index (χ0) is 15.9. The van der Waals surface area contributed by atoms with Crippen LogP contribution in [-0.4, -0.2) is 22.8 Å². The first-order valence-electron chi connectivity index (χ1n) is 8.17. The van der Waals surface area contributed by atoms with Gasteiger partial charge in [0, 0.05) is 0 Å². The minimum absolute atomic E-state index is 0.0154. The predicted octanol–water partition coefficient (Wildman–Crippen LogP) is 4.35. The van der Waals surface area contributed by atoms with Gasteiger partial charge < -0.3 is 5.11 Å². The smallest absolute Gasteiger partial charge is 0.306 e. The standard InChI is InChI=1S/C17H30O4/c1-5-8-9-13(6-2)11-17(4)12-14(7-3)15(20-21-17)10-16(18)19/h8-9,13-15H,5-7,10-12H2,1-4H3,(H,18,19). The largest absolute Gasteiger partial charge is 0.481 e. The third-order valence-electron chi connectivity index (χ3n) is 4.36. The highest BCUT2D eigenvalue weighted by Crippen LogP contribution is 2.39. The zero-order valence-electron chi connectivity index (χ0n) is 13.8. The predicted molar refractivity (Wildman–Crippen MR) is 82.8 cm³/mol. The second-order valence-corrected chi connectivity index (χ2v) is 6.35. The van der Waals surface area contributed by atoms with E-state index >= 15 is 0 Å². The highest BCUT2D eigenvalue weighted by atomic mass is 17.2. The molecule has 0 aromatic rings. The molecular weight excluding hydrogens is 268 g/mol. The van der Waals surface area contributed by atoms with Crippen LogP contribution in [0.15, 0.2) is 12.2 Å². The Labute approximate surface area is 128 Å². The Bertz CT molecular complexity index is 353. The van der Waals surface area contributed by atoms with Crippen LogP contribution in [0, 0.1) is 11.8 Å². The number of carboxylic acids is 1. The molecule has 4 atom stereocenters. The lowest BCUT2D eigenvalue weighted by atomic mass is 9.79. The van der Waals surface area contributed by atoms with Crippen LogP contribution in [0.2, 0.25) is 0 Å². The van der Waals surface area contributed by atoms with Crippen LogP contribution in [0.25, 0.3) is 0 Å². The molecule has 1 aliphatic heterocycles. The molecule has 4 heteroatoms. The second-order valence-electron chi connectivity index (χ2n) is 6.35. The summed E-state index contributed by atoms with van der Waals surface area (Å²) in [5.74, 6) is -0.109. The van der Waals surface area contributed by atoms with Crippen LogP contribution in [0.3, 0.4) is 0 Å². The van der Waals surface area contributed by atoms with Crippen molar-refractivity contribution in [1.29, 1.82) is 0 Å². The average molecular weight is 298 g/mol. The molecule has 1 saturated heterocycles. The van der Waals surface area contributed by atoms with Crippen LogP contribution in [0.4, 0.5) is 0 Å². The molecule has 0 saturated carbocycles. The monoisotopic (exact) mass is 298 g/mol. The Kier molecular flexibility index (Phi) is 7.40. The van der Waals surface area contributed by atoms with Crippen molar-refractivity contribution < 1.29 is 19.7 Å². The fourth-order valence-electron chi connectivity index (χ4n) is 3.11. The van der Waals surface area contributed by atoms with Crippen molar-refractivity contribution in [2.24, 2.45) is 11.8 Å². The van der Waals surface area contributed by atoms with E-state index in [4.69, 9.17) is 14.9 Å². The first-order valence-corrected chi connectivity index (χ1v) is 8.17. The van der Waals surface area contributed by atoms with E-state index in [9.17, 15) is 4.79 Å². The molecular formula is C17H30O4. The molecule has 0 amide bonds. The van der Waals surface area contributed by atoms with Crippen LogP contribution in [0.5, 0.6) is 0 Å². The maximum Gasteiger partial charge on any atom is 0.306 e. The van der Waals surface area contributed by atoms with Gasteiger partial charge >= 0.3 is 5.97 Å². The molecule has 0 radical (unpaired) electrons. The third-order valence-corrected chi connectivity index (χ3v) is 4.36. The van der Waals surface area contributed by atoms with E-state index < -0.39 is 5.97 Å². The summed E-state index contributed by atoms with van der Waals surface area (Å²) in [6.45, 7) is 8.48. The van der Waals surface area contributed by atoms with Crippen LogP contribution in [-0.2, 0) is 14.6 Å². The quantitative estimate of drug-likeness (QED) is 0.534. The Hall–Kier alpha value is -0.870. The molecule has 21 heavy (non-hydrogen) atoms. The normalized spacial score (nSPS) is 31.4. The van der Waals surface area contributed by atoms with Gasteiger partial charge in [-0.05, 0) is 44.4 Å². The van der Waals surface area contributed by atoms with Crippen molar-refractivity contribution in [2.75, 3.05) is 0 Å². The van der Waals surface area contributed by atoms with Gasteiger partial charge in [0.1, 0.15) is 11.7 Å². The average Bonchev–Trinajstić information content (AvgIpc) is 2.45. The van der Waals surface area contributed by atoms with E-state index in [1.807, 2.05) is 0 Å². The lowest BCUT2D eigenvalue weighted by Gasteiger charge is -2.41. The molecule has 1 N–H and O–H groups in total. The Morgan fingerprint density at radius 3 is 2.67 bits per heavy atom. The summed E-state index contributed by atoms with van der Waals surface area (Å²) in [5, 5.41) is 8.95. The van der Waals surface area contributed by atoms with E-state index in [1.165, 1.54) is 0 Å². The molecule has 1 heterocycles. The molecule has 122 valence electrons. The molecule has 0 aliphatic carbocycles. The Morgan fingerprint density at radius 1 is 1.43 bits per heavy atom. The molecule has 0 bridgehead atoms. The fourth-order valence-corrected chi connectivity index (χ4v) is 3.11. The number of hydrogen-bond donors (Lipinski definition) is 1. The lowest BCUT2D eigenvalue weighted by molar-refractivity contribution is -0.419. The molecule has 0 spiro atoms. The van der Waals surface area contributed by atoms with Crippen molar-refractivity contribution in [1.82, 2.24) is 0 Å². The SMILES string of the molecule is CCC=CC(CC)CC1(C)CC(CC)C(CC(=O)O)OO1. The second kappa shape index (κ2) is 8.54. The van der Waals surface area contributed by atoms with Gasteiger partial charge in [0.05, 0.1) is 6.42 Å². The minimum atomic E-state index is -0.831. The summed E-state index contributed by atoms with van der Waals surface area (Å²) >= 11 is 0. The molecule has 4 unspecified atom stereocenters. The highest BCUT2D eigenvalue weighted by molar-refractivity contribution is 5.67. The van der Waals surface area contributed by atoms with Crippen molar-refractivity contribution >= 4 is 5.97 Å². The summed E-state index contributed by atoms with van der Waals surface area (Å²) in [6, 6.07) is 0. The number of carboxylic acid groups (broad SMARTS) is 1. The number of carbonyl (C=O) groups is 1. The van der Waals surface area contributed by atoms with Crippen LogP contribution in [0.1, 0.15) is 66.2 Å². The van der Waals surface area contributed by atoms with Gasteiger partial charge in [-0.25, -0.2) is 9.78 Å². The minimum Gasteiger partial charge on any atom is -0.481 e. The maximum absolute atomic E-state index is 10.9. The van der Waals surface area contributed by atoms with Gasteiger partial charge in [0.15, 0.2) is 0 Å². The third kappa shape index (κ3) is 5.79. The summed E-state index contributed by atoms with van der Waals surface area (Å²) in [7, 11) is 0. The number of hydrogen-bond acceptors (Lipinski definition) is 3. The molecule has 0 aromatic carbocycles.